The number of rotatable bonds is 2. The van der Waals surface area contributed by atoms with Crippen LogP contribution in [0.5, 0.6) is 5.75 Å². The van der Waals surface area contributed by atoms with Crippen LogP contribution in [0.25, 0.3) is 0 Å². The van der Waals surface area contributed by atoms with Crippen molar-refractivity contribution in [1.29, 1.82) is 0 Å². The van der Waals surface area contributed by atoms with Crippen molar-refractivity contribution < 1.29 is 18.7 Å². The predicted octanol–water partition coefficient (Wildman–Crippen LogP) is 2.72. The molecule has 124 valence electrons. The van der Waals surface area contributed by atoms with Gasteiger partial charge in [0, 0.05) is 22.6 Å². The Balaban J connectivity index is 1.93. The minimum atomic E-state index is -0.673. The third-order valence-corrected chi connectivity index (χ3v) is 4.27. The summed E-state index contributed by atoms with van der Waals surface area (Å²) in [6.07, 6.45) is 0. The summed E-state index contributed by atoms with van der Waals surface area (Å²) < 4.78 is 19.5. The minimum absolute atomic E-state index is 0.152. The van der Waals surface area contributed by atoms with E-state index in [0.717, 1.165) is 0 Å². The molecule has 1 heterocycles. The summed E-state index contributed by atoms with van der Waals surface area (Å²) in [5.74, 6) is -0.959. The van der Waals surface area contributed by atoms with Crippen LogP contribution in [-0.2, 0) is 6.54 Å². The van der Waals surface area contributed by atoms with Crippen LogP contribution in [0.15, 0.2) is 40.9 Å². The van der Waals surface area contributed by atoms with Gasteiger partial charge in [0.05, 0.1) is 17.7 Å². The van der Waals surface area contributed by atoms with Gasteiger partial charge in [0.25, 0.3) is 5.91 Å². The molecular formula is C17H14BrFN2O3. The normalized spacial score (nSPS) is 13.7. The molecule has 0 saturated carbocycles. The van der Waals surface area contributed by atoms with Gasteiger partial charge in [-0.1, -0.05) is 22.0 Å². The number of nitrogens with zero attached hydrogens (tertiary/aromatic N) is 1. The van der Waals surface area contributed by atoms with Crippen LogP contribution in [0.1, 0.15) is 26.3 Å². The van der Waals surface area contributed by atoms with E-state index in [9.17, 15) is 14.0 Å². The van der Waals surface area contributed by atoms with Crippen LogP contribution in [-0.4, -0.2) is 29.9 Å². The van der Waals surface area contributed by atoms with E-state index in [4.69, 9.17) is 10.5 Å². The predicted molar refractivity (Wildman–Crippen MR) is 89.3 cm³/mol. The zero-order valence-electron chi connectivity index (χ0n) is 12.6. The number of hydrogen-bond donors (Lipinski definition) is 1. The summed E-state index contributed by atoms with van der Waals surface area (Å²) in [5.41, 5.74) is 6.47. The van der Waals surface area contributed by atoms with Gasteiger partial charge in [-0.05, 0) is 24.3 Å². The number of halogens is 2. The summed E-state index contributed by atoms with van der Waals surface area (Å²) in [5, 5.41) is 0. The van der Waals surface area contributed by atoms with Crippen molar-refractivity contribution in [3.8, 4) is 5.75 Å². The van der Waals surface area contributed by atoms with Crippen molar-refractivity contribution in [2.24, 2.45) is 5.73 Å². The van der Waals surface area contributed by atoms with Gasteiger partial charge in [0.15, 0.2) is 0 Å². The van der Waals surface area contributed by atoms with Crippen LogP contribution >= 0.6 is 15.9 Å². The van der Waals surface area contributed by atoms with Gasteiger partial charge in [-0.3, -0.25) is 9.59 Å². The second-order valence-electron chi connectivity index (χ2n) is 5.38. The summed E-state index contributed by atoms with van der Waals surface area (Å²) >= 11 is 3.26. The maximum Gasteiger partial charge on any atom is 0.255 e. The third kappa shape index (κ3) is 3.26. The highest BCUT2D eigenvalue weighted by Gasteiger charge is 2.24. The SMILES string of the molecule is NC(=O)c1cc(Br)ccc1C(=O)N1CCOc2cc(F)ccc2C1. The highest BCUT2D eigenvalue weighted by atomic mass is 79.9. The first kappa shape index (κ1) is 16.4. The number of hydrogen-bond acceptors (Lipinski definition) is 3. The largest absolute Gasteiger partial charge is 0.491 e. The van der Waals surface area contributed by atoms with Crippen molar-refractivity contribution in [1.82, 2.24) is 4.90 Å². The second-order valence-corrected chi connectivity index (χ2v) is 6.30. The molecule has 24 heavy (non-hydrogen) atoms. The Morgan fingerprint density at radius 3 is 2.71 bits per heavy atom. The molecule has 0 radical (unpaired) electrons. The van der Waals surface area contributed by atoms with E-state index in [-0.39, 0.29) is 30.2 Å². The monoisotopic (exact) mass is 392 g/mol. The first-order valence-corrected chi connectivity index (χ1v) is 8.05. The van der Waals surface area contributed by atoms with Crippen LogP contribution in [0, 0.1) is 5.82 Å². The average Bonchev–Trinajstić information content (AvgIpc) is 2.76. The molecular weight excluding hydrogens is 379 g/mol. The van der Waals surface area contributed by atoms with Gasteiger partial charge in [-0.25, -0.2) is 4.39 Å². The molecule has 0 aliphatic carbocycles. The number of nitrogens with two attached hydrogens (primary N) is 1. The Bertz CT molecular complexity index is 825. The molecule has 2 amide bonds. The lowest BCUT2D eigenvalue weighted by molar-refractivity contribution is 0.0728. The molecule has 3 rings (SSSR count). The van der Waals surface area contributed by atoms with Gasteiger partial charge in [-0.15, -0.1) is 0 Å². The lowest BCUT2D eigenvalue weighted by Gasteiger charge is -2.21. The van der Waals surface area contributed by atoms with Crippen molar-refractivity contribution in [2.75, 3.05) is 13.2 Å². The molecule has 2 N–H and O–H groups in total. The minimum Gasteiger partial charge on any atom is -0.491 e. The van der Waals surface area contributed by atoms with Crippen LogP contribution in [0.3, 0.4) is 0 Å². The van der Waals surface area contributed by atoms with Crippen molar-refractivity contribution >= 4 is 27.7 Å². The molecule has 0 unspecified atom stereocenters. The maximum atomic E-state index is 13.3. The van der Waals surface area contributed by atoms with E-state index in [2.05, 4.69) is 15.9 Å². The average molecular weight is 393 g/mol. The van der Waals surface area contributed by atoms with Gasteiger partial charge >= 0.3 is 0 Å². The van der Waals surface area contributed by atoms with Crippen molar-refractivity contribution in [2.45, 2.75) is 6.54 Å². The fourth-order valence-electron chi connectivity index (χ4n) is 2.59. The number of fused-ring (bicyclic) bond motifs is 1. The molecule has 0 atom stereocenters. The zero-order valence-corrected chi connectivity index (χ0v) is 14.2. The smallest absolute Gasteiger partial charge is 0.255 e. The maximum absolute atomic E-state index is 13.3. The summed E-state index contributed by atoms with van der Waals surface area (Å²) in [4.78, 5) is 26.0. The Labute approximate surface area is 146 Å². The third-order valence-electron chi connectivity index (χ3n) is 3.77. The Morgan fingerprint density at radius 2 is 1.96 bits per heavy atom. The highest BCUT2D eigenvalue weighted by molar-refractivity contribution is 9.10. The lowest BCUT2D eigenvalue weighted by atomic mass is 10.1. The van der Waals surface area contributed by atoms with E-state index in [1.165, 1.54) is 18.2 Å². The molecule has 0 fully saturated rings. The number of primary amides is 1. The molecule has 2 aromatic carbocycles. The van der Waals surface area contributed by atoms with E-state index in [0.29, 0.717) is 22.3 Å². The summed E-state index contributed by atoms with van der Waals surface area (Å²) in [7, 11) is 0. The number of ether oxygens (including phenoxy) is 1. The van der Waals surface area contributed by atoms with Crippen molar-refractivity contribution in [3.63, 3.8) is 0 Å². The fourth-order valence-corrected chi connectivity index (χ4v) is 2.96. The number of amides is 2. The molecule has 0 aromatic heterocycles. The first-order chi connectivity index (χ1) is 11.5. The second kappa shape index (κ2) is 6.60. The first-order valence-electron chi connectivity index (χ1n) is 7.25. The highest BCUT2D eigenvalue weighted by Crippen LogP contribution is 2.26. The molecule has 1 aliphatic heterocycles. The molecule has 5 nitrogen and oxygen atoms in total. The Hall–Kier alpha value is -2.41. The van der Waals surface area contributed by atoms with E-state index in [1.807, 2.05) is 0 Å². The molecule has 7 heteroatoms. The zero-order chi connectivity index (χ0) is 17.3. The number of carbonyl (C=O) groups excluding carboxylic acids is 2. The topological polar surface area (TPSA) is 72.6 Å². The fraction of sp³-hybridized carbons (Fsp3) is 0.176. The summed E-state index contributed by atoms with van der Waals surface area (Å²) in [6, 6.07) is 8.98. The van der Waals surface area contributed by atoms with E-state index in [1.54, 1.807) is 23.1 Å². The van der Waals surface area contributed by atoms with Gasteiger partial charge in [-0.2, -0.15) is 0 Å². The molecule has 1 aliphatic rings. The van der Waals surface area contributed by atoms with Gasteiger partial charge < -0.3 is 15.4 Å². The lowest BCUT2D eigenvalue weighted by Crippen LogP contribution is -2.34. The van der Waals surface area contributed by atoms with E-state index >= 15 is 0 Å². The van der Waals surface area contributed by atoms with Crippen LogP contribution in [0.2, 0.25) is 0 Å². The van der Waals surface area contributed by atoms with Gasteiger partial charge in [0.1, 0.15) is 18.2 Å². The summed E-state index contributed by atoms with van der Waals surface area (Å²) in [6.45, 7) is 0.830. The van der Waals surface area contributed by atoms with E-state index < -0.39 is 11.7 Å². The quantitative estimate of drug-likeness (QED) is 0.853. The van der Waals surface area contributed by atoms with Crippen molar-refractivity contribution in [3.05, 3.63) is 63.4 Å². The molecule has 0 bridgehead atoms. The Morgan fingerprint density at radius 1 is 1.17 bits per heavy atom. The number of benzene rings is 2. The van der Waals surface area contributed by atoms with Crippen LogP contribution in [0.4, 0.5) is 4.39 Å². The standard InChI is InChI=1S/C17H14BrFN2O3/c18-11-2-4-13(14(7-11)16(20)22)17(23)21-5-6-24-15-8-12(19)3-1-10(15)9-21/h1-4,7-8H,5-6,9H2,(H2,20,22). The molecule has 0 saturated heterocycles. The number of carbonyl (C=O) groups is 2. The molecule has 0 spiro atoms. The van der Waals surface area contributed by atoms with Gasteiger partial charge in [0.2, 0.25) is 5.91 Å². The van der Waals surface area contributed by atoms with Crippen LogP contribution < -0.4 is 10.5 Å². The Kier molecular flexibility index (Phi) is 4.53. The molecule has 2 aromatic rings.